The summed E-state index contributed by atoms with van der Waals surface area (Å²) in [5.74, 6) is 0.729. The maximum atomic E-state index is 11.1. The monoisotopic (exact) mass is 540 g/mol. The van der Waals surface area contributed by atoms with Gasteiger partial charge in [-0.25, -0.2) is 8.42 Å². The number of morpholine rings is 1. The molecule has 2 rings (SSSR count). The minimum atomic E-state index is -2.98. The Morgan fingerprint density at radius 3 is 2.52 bits per heavy atom. The first-order valence-corrected chi connectivity index (χ1v) is 11.6. The topological polar surface area (TPSA) is 92.3 Å². The second-order valence-corrected chi connectivity index (χ2v) is 9.01. The van der Waals surface area contributed by atoms with Crippen LogP contribution in [-0.2, 0) is 32.4 Å². The summed E-state index contributed by atoms with van der Waals surface area (Å²) in [5, 5.41) is 6.50. The lowest BCUT2D eigenvalue weighted by molar-refractivity contribution is 0.0341. The standard InChI is InChI=1S/C19H32N4O4S.HI/c1-20-19(21-7-10-26-13-14-28(2,24)25)22-15-17-5-3-4-6-18(17)16-23-8-11-27-12-9-23;/h3-6H,7-16H2,1-2H3,(H2,20,21,22);1H. The first-order chi connectivity index (χ1) is 13.5. The van der Waals surface area contributed by atoms with Gasteiger partial charge in [0.05, 0.1) is 32.2 Å². The minimum Gasteiger partial charge on any atom is -0.379 e. The normalized spacial score (nSPS) is 15.6. The Bertz CT molecular complexity index is 725. The van der Waals surface area contributed by atoms with Crippen LogP contribution in [-0.4, -0.2) is 84.4 Å². The Labute approximate surface area is 191 Å². The fraction of sp³-hybridized carbons (Fsp3) is 0.632. The quantitative estimate of drug-likeness (QED) is 0.197. The van der Waals surface area contributed by atoms with Gasteiger partial charge >= 0.3 is 0 Å². The van der Waals surface area contributed by atoms with Crippen molar-refractivity contribution in [1.29, 1.82) is 0 Å². The number of guanidine groups is 1. The van der Waals surface area contributed by atoms with Crippen LogP contribution in [0, 0.1) is 0 Å². The molecule has 0 spiro atoms. The van der Waals surface area contributed by atoms with E-state index in [1.54, 1.807) is 7.05 Å². The van der Waals surface area contributed by atoms with Crippen molar-refractivity contribution in [2.45, 2.75) is 13.1 Å². The third-order valence-electron chi connectivity index (χ3n) is 4.42. The number of halogens is 1. The van der Waals surface area contributed by atoms with Crippen LogP contribution in [0.3, 0.4) is 0 Å². The molecular formula is C19H33IN4O4S. The van der Waals surface area contributed by atoms with Gasteiger partial charge in [0, 0.05) is 46.0 Å². The molecule has 1 aromatic carbocycles. The number of ether oxygens (including phenoxy) is 2. The Morgan fingerprint density at radius 1 is 1.17 bits per heavy atom. The molecular weight excluding hydrogens is 507 g/mol. The van der Waals surface area contributed by atoms with Gasteiger partial charge in [-0.1, -0.05) is 24.3 Å². The smallest absolute Gasteiger partial charge is 0.191 e. The molecule has 0 unspecified atom stereocenters. The van der Waals surface area contributed by atoms with Gasteiger partial charge in [0.1, 0.15) is 9.84 Å². The number of sulfone groups is 1. The molecule has 1 aromatic rings. The molecule has 1 aliphatic rings. The molecule has 2 N–H and O–H groups in total. The van der Waals surface area contributed by atoms with E-state index in [1.807, 2.05) is 6.07 Å². The summed E-state index contributed by atoms with van der Waals surface area (Å²) in [4.78, 5) is 6.63. The Balaban J connectivity index is 0.00000420. The summed E-state index contributed by atoms with van der Waals surface area (Å²) in [6.45, 7) is 6.29. The lowest BCUT2D eigenvalue weighted by atomic mass is 10.1. The van der Waals surface area contributed by atoms with E-state index >= 15 is 0 Å². The van der Waals surface area contributed by atoms with Crippen molar-refractivity contribution >= 4 is 39.8 Å². The van der Waals surface area contributed by atoms with E-state index in [1.165, 1.54) is 17.4 Å². The molecule has 0 aliphatic carbocycles. The van der Waals surface area contributed by atoms with Crippen molar-refractivity contribution in [3.05, 3.63) is 35.4 Å². The second kappa shape index (κ2) is 14.1. The molecule has 0 aromatic heterocycles. The number of nitrogens with one attached hydrogen (secondary N) is 2. The predicted octanol–water partition coefficient (Wildman–Crippen LogP) is 0.863. The highest BCUT2D eigenvalue weighted by Gasteiger charge is 2.12. The van der Waals surface area contributed by atoms with Crippen LogP contribution in [0.1, 0.15) is 11.1 Å². The van der Waals surface area contributed by atoms with E-state index in [9.17, 15) is 8.42 Å². The van der Waals surface area contributed by atoms with Crippen molar-refractivity contribution in [1.82, 2.24) is 15.5 Å². The fourth-order valence-corrected chi connectivity index (χ4v) is 3.26. The molecule has 1 saturated heterocycles. The molecule has 0 radical (unpaired) electrons. The van der Waals surface area contributed by atoms with Gasteiger partial charge in [-0.2, -0.15) is 0 Å². The van der Waals surface area contributed by atoms with E-state index < -0.39 is 9.84 Å². The highest BCUT2D eigenvalue weighted by molar-refractivity contribution is 14.0. The van der Waals surface area contributed by atoms with Gasteiger partial charge in [0.15, 0.2) is 5.96 Å². The predicted molar refractivity (Wildman–Crippen MR) is 127 cm³/mol. The number of aliphatic imine (C=N–C) groups is 1. The van der Waals surface area contributed by atoms with Gasteiger partial charge in [-0.3, -0.25) is 9.89 Å². The van der Waals surface area contributed by atoms with Crippen molar-refractivity contribution in [2.75, 3.05) is 65.1 Å². The highest BCUT2D eigenvalue weighted by Crippen LogP contribution is 2.12. The highest BCUT2D eigenvalue weighted by atomic mass is 127. The summed E-state index contributed by atoms with van der Waals surface area (Å²) in [7, 11) is -1.26. The van der Waals surface area contributed by atoms with Crippen LogP contribution >= 0.6 is 24.0 Å². The van der Waals surface area contributed by atoms with E-state index in [2.05, 4.69) is 38.7 Å². The lowest BCUT2D eigenvalue weighted by Crippen LogP contribution is -2.39. The number of nitrogens with zero attached hydrogens (tertiary/aromatic N) is 2. The van der Waals surface area contributed by atoms with Crippen molar-refractivity contribution in [3.63, 3.8) is 0 Å². The Hall–Kier alpha value is -0.950. The van der Waals surface area contributed by atoms with E-state index in [0.717, 1.165) is 32.8 Å². The Kier molecular flexibility index (Phi) is 12.7. The van der Waals surface area contributed by atoms with Crippen LogP contribution in [0.4, 0.5) is 0 Å². The molecule has 166 valence electrons. The largest absolute Gasteiger partial charge is 0.379 e. The van der Waals surface area contributed by atoms with E-state index in [-0.39, 0.29) is 36.3 Å². The minimum absolute atomic E-state index is 0. The van der Waals surface area contributed by atoms with Gasteiger partial charge in [-0.15, -0.1) is 24.0 Å². The first kappa shape index (κ1) is 26.1. The number of benzene rings is 1. The van der Waals surface area contributed by atoms with Crippen molar-refractivity contribution in [3.8, 4) is 0 Å². The molecule has 0 saturated carbocycles. The van der Waals surface area contributed by atoms with Crippen LogP contribution in [0.2, 0.25) is 0 Å². The molecule has 0 bridgehead atoms. The SMILES string of the molecule is CN=C(NCCOCCS(C)(=O)=O)NCc1ccccc1CN1CCOCC1.I. The zero-order valence-corrected chi connectivity index (χ0v) is 20.4. The second-order valence-electron chi connectivity index (χ2n) is 6.75. The molecule has 1 aliphatic heterocycles. The van der Waals surface area contributed by atoms with Crippen LogP contribution < -0.4 is 10.6 Å². The fourth-order valence-electron chi connectivity index (χ4n) is 2.84. The summed E-state index contributed by atoms with van der Waals surface area (Å²) < 4.78 is 32.9. The lowest BCUT2D eigenvalue weighted by Gasteiger charge is -2.27. The van der Waals surface area contributed by atoms with E-state index in [0.29, 0.717) is 25.7 Å². The van der Waals surface area contributed by atoms with E-state index in [4.69, 9.17) is 9.47 Å². The maximum absolute atomic E-state index is 11.1. The zero-order valence-electron chi connectivity index (χ0n) is 17.2. The third-order valence-corrected chi connectivity index (χ3v) is 5.33. The Morgan fingerprint density at radius 2 is 1.86 bits per heavy atom. The van der Waals surface area contributed by atoms with Gasteiger partial charge in [0.25, 0.3) is 0 Å². The molecule has 0 atom stereocenters. The summed E-state index contributed by atoms with van der Waals surface area (Å²) in [5.41, 5.74) is 2.54. The van der Waals surface area contributed by atoms with Crippen molar-refractivity contribution < 1.29 is 17.9 Å². The molecule has 0 amide bonds. The number of rotatable bonds is 10. The molecule has 29 heavy (non-hydrogen) atoms. The van der Waals surface area contributed by atoms with Crippen LogP contribution in [0.15, 0.2) is 29.3 Å². The average molecular weight is 540 g/mol. The summed E-state index contributed by atoms with van der Waals surface area (Å²) in [6, 6.07) is 8.41. The van der Waals surface area contributed by atoms with Crippen LogP contribution in [0.25, 0.3) is 0 Å². The van der Waals surface area contributed by atoms with Gasteiger partial charge in [0.2, 0.25) is 0 Å². The number of hydrogen-bond acceptors (Lipinski definition) is 6. The zero-order chi connectivity index (χ0) is 20.2. The molecule has 10 heteroatoms. The molecule has 1 fully saturated rings. The average Bonchev–Trinajstić information content (AvgIpc) is 2.68. The van der Waals surface area contributed by atoms with Gasteiger partial charge in [-0.05, 0) is 11.1 Å². The molecule has 8 nitrogen and oxygen atoms in total. The molecule has 1 heterocycles. The third kappa shape index (κ3) is 11.1. The summed E-state index contributed by atoms with van der Waals surface area (Å²) >= 11 is 0. The first-order valence-electron chi connectivity index (χ1n) is 9.55. The maximum Gasteiger partial charge on any atom is 0.191 e. The van der Waals surface area contributed by atoms with Crippen LogP contribution in [0.5, 0.6) is 0 Å². The van der Waals surface area contributed by atoms with Crippen molar-refractivity contribution in [2.24, 2.45) is 4.99 Å². The summed E-state index contributed by atoms with van der Waals surface area (Å²) in [6.07, 6.45) is 1.21. The van der Waals surface area contributed by atoms with Gasteiger partial charge < -0.3 is 20.1 Å². The number of hydrogen-bond donors (Lipinski definition) is 2.